The average Bonchev–Trinajstić information content (AvgIpc) is 2.43. The van der Waals surface area contributed by atoms with Gasteiger partial charge in [0.25, 0.3) is 0 Å². The van der Waals surface area contributed by atoms with E-state index in [-0.39, 0.29) is 0 Å². The molecular formula is C8H2F17O3P. The molecule has 0 aromatic rings. The van der Waals surface area contributed by atoms with Gasteiger partial charge >= 0.3 is 56.4 Å². The lowest BCUT2D eigenvalue weighted by molar-refractivity contribution is -0.472. The lowest BCUT2D eigenvalue weighted by Crippen LogP contribution is -2.74. The van der Waals surface area contributed by atoms with Crippen molar-refractivity contribution in [2.75, 3.05) is 0 Å². The summed E-state index contributed by atoms with van der Waals surface area (Å²) < 4.78 is 218. The Balaban J connectivity index is 6.65. The van der Waals surface area contributed by atoms with Gasteiger partial charge in [0.15, 0.2) is 0 Å². The second-order valence-electron chi connectivity index (χ2n) is 4.80. The van der Waals surface area contributed by atoms with Gasteiger partial charge in [-0.1, -0.05) is 0 Å². The van der Waals surface area contributed by atoms with E-state index in [4.69, 9.17) is 9.79 Å². The first-order chi connectivity index (χ1) is 12.2. The van der Waals surface area contributed by atoms with Crippen LogP contribution in [-0.2, 0) is 4.52 Å². The molecule has 0 rings (SSSR count). The van der Waals surface area contributed by atoms with E-state index in [0.29, 0.717) is 0 Å². The first kappa shape index (κ1) is 28.1. The molecule has 0 aliphatic carbocycles. The van der Waals surface area contributed by atoms with Crippen LogP contribution >= 0.6 is 8.60 Å². The van der Waals surface area contributed by atoms with Crippen LogP contribution in [0.5, 0.6) is 0 Å². The molecule has 0 heterocycles. The molecule has 0 aromatic carbocycles. The monoisotopic (exact) mass is 500 g/mol. The highest BCUT2D eigenvalue weighted by Gasteiger charge is 2.95. The normalized spacial score (nSPS) is 16.6. The minimum atomic E-state index is -8.74. The van der Waals surface area contributed by atoms with Gasteiger partial charge in [0, 0.05) is 0 Å². The number of hydrogen-bond donors (Lipinski definition) is 2. The van der Waals surface area contributed by atoms with Crippen LogP contribution in [0.4, 0.5) is 74.6 Å². The lowest BCUT2D eigenvalue weighted by atomic mass is 9.91. The molecule has 0 aliphatic heterocycles. The van der Waals surface area contributed by atoms with Crippen molar-refractivity contribution in [2.45, 2.75) is 47.8 Å². The van der Waals surface area contributed by atoms with Crippen molar-refractivity contribution in [3.63, 3.8) is 0 Å². The summed E-state index contributed by atoms with van der Waals surface area (Å²) >= 11 is 0. The van der Waals surface area contributed by atoms with E-state index in [1.54, 1.807) is 0 Å². The summed E-state index contributed by atoms with van der Waals surface area (Å²) in [5, 5.41) is 0. The van der Waals surface area contributed by atoms with Crippen molar-refractivity contribution in [1.29, 1.82) is 0 Å². The van der Waals surface area contributed by atoms with Crippen LogP contribution < -0.4 is 0 Å². The quantitative estimate of drug-likeness (QED) is 0.357. The van der Waals surface area contributed by atoms with E-state index >= 15 is 0 Å². The number of halogens is 17. The third kappa shape index (κ3) is 3.80. The molecule has 0 aliphatic rings. The van der Waals surface area contributed by atoms with E-state index in [0.717, 1.165) is 0 Å². The first-order valence-corrected chi connectivity index (χ1v) is 6.91. The molecule has 0 saturated carbocycles. The van der Waals surface area contributed by atoms with Gasteiger partial charge in [-0.05, 0) is 0 Å². The van der Waals surface area contributed by atoms with E-state index in [1.807, 2.05) is 4.52 Å². The largest absolute Gasteiger partial charge is 0.460 e. The molecule has 0 amide bonds. The van der Waals surface area contributed by atoms with Crippen LogP contribution in [0.2, 0.25) is 0 Å². The van der Waals surface area contributed by atoms with Crippen LogP contribution in [0.3, 0.4) is 0 Å². The van der Waals surface area contributed by atoms with Gasteiger partial charge in [0.1, 0.15) is 0 Å². The Hall–Kier alpha value is -0.880. The zero-order valence-electron chi connectivity index (χ0n) is 12.2. The van der Waals surface area contributed by atoms with Gasteiger partial charge in [-0.3, -0.25) is 0 Å². The fourth-order valence-electron chi connectivity index (χ4n) is 1.31. The fraction of sp³-hybridized carbons (Fsp3) is 1.00. The predicted octanol–water partition coefficient (Wildman–Crippen LogP) is 5.18. The number of hydrogen-bond acceptors (Lipinski definition) is 3. The fourth-order valence-corrected chi connectivity index (χ4v) is 1.63. The van der Waals surface area contributed by atoms with Crippen molar-refractivity contribution in [3.8, 4) is 0 Å². The summed E-state index contributed by atoms with van der Waals surface area (Å²) in [5.74, 6) is -50.9. The summed E-state index contributed by atoms with van der Waals surface area (Å²) in [5.41, 5.74) is 0. The first-order valence-electron chi connectivity index (χ1n) is 5.75. The van der Waals surface area contributed by atoms with Crippen molar-refractivity contribution in [3.05, 3.63) is 0 Å². The zero-order chi connectivity index (χ0) is 24.3. The smallest absolute Gasteiger partial charge is 0.328 e. The minimum Gasteiger partial charge on any atom is -0.328 e. The van der Waals surface area contributed by atoms with Crippen molar-refractivity contribution in [1.82, 2.24) is 0 Å². The highest BCUT2D eigenvalue weighted by atomic mass is 31.2. The zero-order valence-corrected chi connectivity index (χ0v) is 13.1. The van der Waals surface area contributed by atoms with Crippen LogP contribution in [0, 0.1) is 0 Å². The van der Waals surface area contributed by atoms with Gasteiger partial charge in [-0.15, -0.1) is 0 Å². The van der Waals surface area contributed by atoms with Gasteiger partial charge in [-0.25, -0.2) is 4.52 Å². The minimum absolute atomic E-state index is 2.02. The van der Waals surface area contributed by atoms with Crippen LogP contribution in [0.15, 0.2) is 0 Å². The van der Waals surface area contributed by atoms with Gasteiger partial charge < -0.3 is 9.79 Å². The van der Waals surface area contributed by atoms with Crippen molar-refractivity contribution in [2.24, 2.45) is 0 Å². The van der Waals surface area contributed by atoms with Gasteiger partial charge in [0.2, 0.25) is 0 Å². The van der Waals surface area contributed by atoms with Crippen molar-refractivity contribution < 1.29 is 88.9 Å². The molecule has 0 bridgehead atoms. The molecule has 21 heteroatoms. The Labute approximate surface area is 147 Å². The summed E-state index contributed by atoms with van der Waals surface area (Å²) in [6, 6.07) is 0. The summed E-state index contributed by atoms with van der Waals surface area (Å²) in [7, 11) is -4.83. The summed E-state index contributed by atoms with van der Waals surface area (Å²) in [6.45, 7) is 0. The number of rotatable bonds is 8. The molecule has 29 heavy (non-hydrogen) atoms. The lowest BCUT2D eigenvalue weighted by Gasteiger charge is -2.42. The molecule has 0 fully saturated rings. The molecule has 0 saturated heterocycles. The highest BCUT2D eigenvalue weighted by Crippen LogP contribution is 2.64. The Bertz CT molecular complexity index is 596. The van der Waals surface area contributed by atoms with E-state index in [9.17, 15) is 74.6 Å². The van der Waals surface area contributed by atoms with Crippen LogP contribution in [-0.4, -0.2) is 57.6 Å². The standard InChI is InChI=1S/C8H2F17O3P/c9-1(10,3(13,14)5(17,18)7(21,22)23)2(11,12)4(15,16)6(19,20)8(24,25)28-29(26)27/h26-27H. The molecule has 0 unspecified atom stereocenters. The second-order valence-corrected chi connectivity index (χ2v) is 5.49. The average molecular weight is 500 g/mol. The van der Waals surface area contributed by atoms with Crippen molar-refractivity contribution >= 4 is 8.60 Å². The molecule has 176 valence electrons. The maximum atomic E-state index is 13.1. The molecule has 3 nitrogen and oxygen atoms in total. The van der Waals surface area contributed by atoms with E-state index in [1.165, 1.54) is 0 Å². The molecular weight excluding hydrogens is 498 g/mol. The summed E-state index contributed by atoms with van der Waals surface area (Å²) in [6.07, 6.45) is -15.1. The van der Waals surface area contributed by atoms with Crippen LogP contribution in [0.25, 0.3) is 0 Å². The van der Waals surface area contributed by atoms with Gasteiger partial charge in [-0.2, -0.15) is 74.6 Å². The topological polar surface area (TPSA) is 49.7 Å². The van der Waals surface area contributed by atoms with Crippen LogP contribution in [0.1, 0.15) is 0 Å². The Kier molecular flexibility index (Phi) is 6.87. The molecule has 0 atom stereocenters. The molecule has 0 spiro atoms. The Morgan fingerprint density at radius 2 is 0.655 bits per heavy atom. The Morgan fingerprint density at radius 1 is 0.414 bits per heavy atom. The maximum Gasteiger partial charge on any atom is 0.460 e. The van der Waals surface area contributed by atoms with E-state index in [2.05, 4.69) is 0 Å². The number of alkyl halides is 17. The second kappa shape index (κ2) is 7.08. The summed E-state index contributed by atoms with van der Waals surface area (Å²) in [4.78, 5) is 15.7. The molecule has 2 N–H and O–H groups in total. The molecule has 0 radical (unpaired) electrons. The maximum absolute atomic E-state index is 13.1. The Morgan fingerprint density at radius 3 is 0.897 bits per heavy atom. The third-order valence-corrected chi connectivity index (χ3v) is 3.28. The SMILES string of the molecule is OP(O)OC(F)(F)C(F)(F)C(F)(F)C(F)(F)C(F)(F)C(F)(F)C(F)(F)C(F)(F)F. The predicted molar refractivity (Wildman–Crippen MR) is 53.1 cm³/mol. The van der Waals surface area contributed by atoms with E-state index < -0.39 is 56.4 Å². The van der Waals surface area contributed by atoms with Gasteiger partial charge in [0.05, 0.1) is 0 Å². The third-order valence-electron chi connectivity index (χ3n) is 2.89. The highest BCUT2D eigenvalue weighted by molar-refractivity contribution is 7.39. The molecule has 0 aromatic heterocycles.